The highest BCUT2D eigenvalue weighted by atomic mass is 19.3. The highest BCUT2D eigenvalue weighted by Crippen LogP contribution is 2.23. The van der Waals surface area contributed by atoms with Crippen LogP contribution in [0.5, 0.6) is 5.75 Å². The Kier molecular flexibility index (Phi) is 4.99. The smallest absolute Gasteiger partial charge is 0.387 e. The lowest BCUT2D eigenvalue weighted by Gasteiger charge is -2.07. The number of aryl methyl sites for hydroxylation is 1. The average Bonchev–Trinajstić information content (AvgIpc) is 3.13. The van der Waals surface area contributed by atoms with Crippen LogP contribution >= 0.6 is 0 Å². The average molecular weight is 394 g/mol. The summed E-state index contributed by atoms with van der Waals surface area (Å²) in [4.78, 5) is 16.6. The minimum absolute atomic E-state index is 0.00439. The van der Waals surface area contributed by atoms with E-state index in [4.69, 9.17) is 0 Å². The molecule has 29 heavy (non-hydrogen) atoms. The van der Waals surface area contributed by atoms with Crippen LogP contribution in [0, 0.1) is 0 Å². The van der Waals surface area contributed by atoms with E-state index < -0.39 is 6.61 Å². The SMILES string of the molecule is Cn1cncc1-c1ccc2nnc(CC(=O)c3ccc(OC(F)F)cc3)cc2c1. The van der Waals surface area contributed by atoms with Crippen molar-refractivity contribution in [2.75, 3.05) is 0 Å². The molecule has 0 amide bonds. The molecule has 0 fully saturated rings. The number of aromatic nitrogens is 4. The Balaban J connectivity index is 1.56. The van der Waals surface area contributed by atoms with Crippen LogP contribution in [0.15, 0.2) is 61.1 Å². The van der Waals surface area contributed by atoms with Crippen molar-refractivity contribution in [2.45, 2.75) is 13.0 Å². The first-order valence-corrected chi connectivity index (χ1v) is 8.81. The molecule has 6 nitrogen and oxygen atoms in total. The van der Waals surface area contributed by atoms with Crippen molar-refractivity contribution in [1.29, 1.82) is 0 Å². The van der Waals surface area contributed by atoms with E-state index in [2.05, 4.69) is 19.9 Å². The summed E-state index contributed by atoms with van der Waals surface area (Å²) in [7, 11) is 1.92. The van der Waals surface area contributed by atoms with Gasteiger partial charge in [-0.2, -0.15) is 19.0 Å². The maximum Gasteiger partial charge on any atom is 0.387 e. The van der Waals surface area contributed by atoms with Crippen LogP contribution in [0.25, 0.3) is 22.2 Å². The van der Waals surface area contributed by atoms with E-state index in [1.807, 2.05) is 35.9 Å². The minimum Gasteiger partial charge on any atom is -0.435 e. The van der Waals surface area contributed by atoms with Crippen molar-refractivity contribution in [2.24, 2.45) is 7.05 Å². The molecule has 2 heterocycles. The second-order valence-corrected chi connectivity index (χ2v) is 6.50. The summed E-state index contributed by atoms with van der Waals surface area (Å²) in [5, 5.41) is 9.18. The first-order chi connectivity index (χ1) is 14.0. The van der Waals surface area contributed by atoms with Gasteiger partial charge in [0, 0.05) is 23.6 Å². The van der Waals surface area contributed by atoms with E-state index >= 15 is 0 Å². The molecular formula is C21H16F2N4O2. The van der Waals surface area contributed by atoms with Gasteiger partial charge in [-0.25, -0.2) is 4.98 Å². The van der Waals surface area contributed by atoms with E-state index in [1.54, 1.807) is 12.5 Å². The molecule has 0 saturated carbocycles. The summed E-state index contributed by atoms with van der Waals surface area (Å²) in [6, 6.07) is 13.2. The van der Waals surface area contributed by atoms with Gasteiger partial charge in [0.15, 0.2) is 5.78 Å². The molecule has 4 aromatic rings. The number of hydrogen-bond donors (Lipinski definition) is 0. The van der Waals surface area contributed by atoms with Gasteiger partial charge in [-0.3, -0.25) is 4.79 Å². The number of halogens is 2. The second kappa shape index (κ2) is 7.75. The first kappa shape index (κ1) is 18.7. The third-order valence-electron chi connectivity index (χ3n) is 4.49. The summed E-state index contributed by atoms with van der Waals surface area (Å²) >= 11 is 0. The van der Waals surface area contributed by atoms with Crippen LogP contribution in [0.1, 0.15) is 16.1 Å². The van der Waals surface area contributed by atoms with Crippen molar-refractivity contribution in [3.8, 4) is 17.0 Å². The van der Waals surface area contributed by atoms with E-state index in [9.17, 15) is 13.6 Å². The van der Waals surface area contributed by atoms with Gasteiger partial charge in [0.05, 0.1) is 35.8 Å². The predicted molar refractivity (Wildman–Crippen MR) is 103 cm³/mol. The molecule has 0 spiro atoms. The zero-order chi connectivity index (χ0) is 20.4. The van der Waals surface area contributed by atoms with E-state index in [-0.39, 0.29) is 18.0 Å². The Labute approximate surface area is 164 Å². The standard InChI is InChI=1S/C21H16F2N4O2/c1-27-12-24-11-19(27)14-4-7-18-15(8-14)9-16(25-26-18)10-20(28)13-2-5-17(6-3-13)29-21(22)23/h2-9,11-12,21H,10H2,1H3. The van der Waals surface area contributed by atoms with Gasteiger partial charge in [0.2, 0.25) is 0 Å². The van der Waals surface area contributed by atoms with Gasteiger partial charge in [-0.15, -0.1) is 0 Å². The molecule has 0 saturated heterocycles. The number of nitrogens with zero attached hydrogens (tertiary/aromatic N) is 4. The van der Waals surface area contributed by atoms with Crippen molar-refractivity contribution in [3.63, 3.8) is 0 Å². The number of imidazole rings is 1. The van der Waals surface area contributed by atoms with Crippen molar-refractivity contribution in [3.05, 3.63) is 72.3 Å². The van der Waals surface area contributed by atoms with Crippen molar-refractivity contribution >= 4 is 16.7 Å². The number of ketones is 1. The molecule has 0 radical (unpaired) electrons. The highest BCUT2D eigenvalue weighted by Gasteiger charge is 2.12. The summed E-state index contributed by atoms with van der Waals surface area (Å²) < 4.78 is 30.7. The van der Waals surface area contributed by atoms with Crippen LogP contribution in [-0.4, -0.2) is 32.1 Å². The zero-order valence-electron chi connectivity index (χ0n) is 15.4. The Morgan fingerprint density at radius 1 is 1.10 bits per heavy atom. The van der Waals surface area contributed by atoms with E-state index in [0.717, 1.165) is 22.2 Å². The maximum atomic E-state index is 12.5. The molecule has 146 valence electrons. The number of rotatable bonds is 6. The largest absolute Gasteiger partial charge is 0.435 e. The monoisotopic (exact) mass is 394 g/mol. The second-order valence-electron chi connectivity index (χ2n) is 6.50. The lowest BCUT2D eigenvalue weighted by atomic mass is 10.0. The van der Waals surface area contributed by atoms with Crippen LogP contribution in [0.4, 0.5) is 8.78 Å². The van der Waals surface area contributed by atoms with E-state index in [0.29, 0.717) is 11.3 Å². The molecule has 2 aromatic heterocycles. The Morgan fingerprint density at radius 3 is 2.59 bits per heavy atom. The molecule has 4 rings (SSSR count). The number of Topliss-reactive ketones (excluding diaryl/α,β-unsaturated/α-hetero) is 1. The first-order valence-electron chi connectivity index (χ1n) is 8.81. The van der Waals surface area contributed by atoms with Crippen LogP contribution in [-0.2, 0) is 13.5 Å². The number of alkyl halides is 2. The normalized spacial score (nSPS) is 11.2. The summed E-state index contributed by atoms with van der Waals surface area (Å²) in [6.07, 6.45) is 3.56. The lowest BCUT2D eigenvalue weighted by Crippen LogP contribution is -2.07. The summed E-state index contributed by atoms with van der Waals surface area (Å²) in [5.41, 5.74) is 3.58. The molecule has 2 aromatic carbocycles. The topological polar surface area (TPSA) is 69.9 Å². The Hall–Kier alpha value is -3.68. The number of carbonyl (C=O) groups excluding carboxylic acids is 1. The molecule has 0 aliphatic rings. The number of hydrogen-bond acceptors (Lipinski definition) is 5. The zero-order valence-corrected chi connectivity index (χ0v) is 15.4. The fourth-order valence-corrected chi connectivity index (χ4v) is 3.06. The minimum atomic E-state index is -2.90. The predicted octanol–water partition coefficient (Wildman–Crippen LogP) is 4.06. The third-order valence-corrected chi connectivity index (χ3v) is 4.49. The van der Waals surface area contributed by atoms with Gasteiger partial charge in [-0.1, -0.05) is 6.07 Å². The summed E-state index contributed by atoms with van der Waals surface area (Å²) in [5.74, 6) is -0.185. The van der Waals surface area contributed by atoms with Crippen LogP contribution in [0.2, 0.25) is 0 Å². The number of carbonyl (C=O) groups is 1. The Morgan fingerprint density at radius 2 is 1.90 bits per heavy atom. The number of fused-ring (bicyclic) bond motifs is 1. The molecule has 0 atom stereocenters. The molecule has 0 N–H and O–H groups in total. The van der Waals surface area contributed by atoms with Gasteiger partial charge in [0.25, 0.3) is 0 Å². The lowest BCUT2D eigenvalue weighted by molar-refractivity contribution is -0.0498. The molecule has 0 bridgehead atoms. The van der Waals surface area contributed by atoms with E-state index in [1.165, 1.54) is 24.3 Å². The highest BCUT2D eigenvalue weighted by molar-refractivity contribution is 5.97. The molecule has 8 heteroatoms. The molecule has 0 aliphatic heterocycles. The van der Waals surface area contributed by atoms with Crippen LogP contribution < -0.4 is 4.74 Å². The molecule has 0 unspecified atom stereocenters. The molecular weight excluding hydrogens is 378 g/mol. The quantitative estimate of drug-likeness (QED) is 0.462. The Bertz CT molecular complexity index is 1170. The molecule has 0 aliphatic carbocycles. The van der Waals surface area contributed by atoms with Gasteiger partial charge in [0.1, 0.15) is 5.75 Å². The van der Waals surface area contributed by atoms with Crippen LogP contribution in [0.3, 0.4) is 0 Å². The third kappa shape index (κ3) is 4.11. The van der Waals surface area contributed by atoms with Crippen molar-refractivity contribution < 1.29 is 18.3 Å². The number of ether oxygens (including phenoxy) is 1. The number of benzene rings is 2. The summed E-state index contributed by atoms with van der Waals surface area (Å²) in [6.45, 7) is -2.90. The maximum absolute atomic E-state index is 12.5. The van der Waals surface area contributed by atoms with Crippen molar-refractivity contribution in [1.82, 2.24) is 19.7 Å². The fourth-order valence-electron chi connectivity index (χ4n) is 3.06. The fraction of sp³-hybridized carbons (Fsp3) is 0.143. The van der Waals surface area contributed by atoms with Gasteiger partial charge >= 0.3 is 6.61 Å². The van der Waals surface area contributed by atoms with Gasteiger partial charge < -0.3 is 9.30 Å². The van der Waals surface area contributed by atoms with Gasteiger partial charge in [-0.05, 0) is 42.5 Å².